The number of hydrogen-bond donors (Lipinski definition) is 1. The van der Waals surface area contributed by atoms with Gasteiger partial charge in [0.15, 0.2) is 0 Å². The van der Waals surface area contributed by atoms with E-state index in [0.29, 0.717) is 11.3 Å². The van der Waals surface area contributed by atoms with Crippen molar-refractivity contribution in [2.75, 3.05) is 10.3 Å². The summed E-state index contributed by atoms with van der Waals surface area (Å²) in [4.78, 5) is 16.9. The highest BCUT2D eigenvalue weighted by Crippen LogP contribution is 2.25. The van der Waals surface area contributed by atoms with Crippen LogP contribution < -0.4 is 10.3 Å². The summed E-state index contributed by atoms with van der Waals surface area (Å²) >= 11 is 0. The number of amides is 1. The topological polar surface area (TPSA) is 57.6 Å². The van der Waals surface area contributed by atoms with Crippen LogP contribution in [0.5, 0.6) is 0 Å². The van der Waals surface area contributed by atoms with Crippen LogP contribution in [0.15, 0.2) is 65.7 Å². The molecular weight excluding hydrogens is 312 g/mol. The number of carbonyl (C=O) groups excluding carboxylic acids is 1. The molecule has 0 bridgehead atoms. The predicted octanol–water partition coefficient (Wildman–Crippen LogP) is 4.14. The maximum atomic E-state index is 12.8. The molecule has 1 aliphatic rings. The van der Waals surface area contributed by atoms with E-state index in [4.69, 9.17) is 0 Å². The van der Waals surface area contributed by atoms with E-state index < -0.39 is 0 Å². The molecule has 128 valence electrons. The van der Waals surface area contributed by atoms with Gasteiger partial charge < -0.3 is 5.32 Å². The Morgan fingerprint density at radius 3 is 2.72 bits per heavy atom. The van der Waals surface area contributed by atoms with Crippen LogP contribution in [0.3, 0.4) is 0 Å². The molecule has 2 aromatic rings. The molecule has 2 heterocycles. The molecule has 1 aromatic carbocycles. The van der Waals surface area contributed by atoms with Crippen molar-refractivity contribution in [2.45, 2.75) is 33.1 Å². The zero-order chi connectivity index (χ0) is 17.6. The number of rotatable bonds is 6. The molecule has 0 saturated carbocycles. The zero-order valence-electron chi connectivity index (χ0n) is 14.6. The molecule has 0 unspecified atom stereocenters. The number of para-hydroxylation sites is 1. The lowest BCUT2D eigenvalue weighted by Crippen LogP contribution is -2.22. The minimum absolute atomic E-state index is 0.127. The van der Waals surface area contributed by atoms with Crippen LogP contribution >= 0.6 is 0 Å². The molecular formula is C20H22N4O. The average molecular weight is 334 g/mol. The molecule has 0 spiro atoms. The summed E-state index contributed by atoms with van der Waals surface area (Å²) in [6.07, 6.45) is 7.72. The van der Waals surface area contributed by atoms with E-state index in [2.05, 4.69) is 35.3 Å². The van der Waals surface area contributed by atoms with Gasteiger partial charge >= 0.3 is 0 Å². The first-order chi connectivity index (χ1) is 12.2. The van der Waals surface area contributed by atoms with Crippen LogP contribution in [0, 0.1) is 0 Å². The molecule has 1 N–H and O–H groups in total. The Bertz CT molecular complexity index is 811. The average Bonchev–Trinajstić information content (AvgIpc) is 2.97. The van der Waals surface area contributed by atoms with Gasteiger partial charge in [-0.25, -0.2) is 0 Å². The Kier molecular flexibility index (Phi) is 5.23. The number of carbonyl (C=O) groups is 1. The van der Waals surface area contributed by atoms with Crippen molar-refractivity contribution >= 4 is 23.0 Å². The van der Waals surface area contributed by atoms with E-state index >= 15 is 0 Å². The highest BCUT2D eigenvalue weighted by atomic mass is 16.2. The summed E-state index contributed by atoms with van der Waals surface area (Å²) in [5.74, 6) is -0.127. The van der Waals surface area contributed by atoms with Crippen LogP contribution in [-0.4, -0.2) is 16.6 Å². The summed E-state index contributed by atoms with van der Waals surface area (Å²) in [6.45, 7) is 4.19. The van der Waals surface area contributed by atoms with E-state index in [9.17, 15) is 4.79 Å². The van der Waals surface area contributed by atoms with Crippen molar-refractivity contribution in [2.24, 2.45) is 5.10 Å². The number of hydrogen-bond acceptors (Lipinski definition) is 4. The molecule has 1 aromatic heterocycles. The predicted molar refractivity (Wildman–Crippen MR) is 102 cm³/mol. The van der Waals surface area contributed by atoms with Gasteiger partial charge in [0, 0.05) is 18.1 Å². The standard InChI is InChI=1S/C20H22N4O/c1-3-8-19-17(14-22-18-11-6-5-9-15(18)4-2)20(25)24(23-19)16-10-7-12-21-13-16/h5-7,9-14,22H,3-4,8H2,1-2H3/b17-14-. The third-order valence-corrected chi connectivity index (χ3v) is 4.10. The van der Waals surface area contributed by atoms with Gasteiger partial charge in [-0.2, -0.15) is 10.1 Å². The van der Waals surface area contributed by atoms with Crippen molar-refractivity contribution < 1.29 is 4.79 Å². The first-order valence-electron chi connectivity index (χ1n) is 8.61. The lowest BCUT2D eigenvalue weighted by atomic mass is 10.1. The largest absolute Gasteiger partial charge is 0.361 e. The van der Waals surface area contributed by atoms with Gasteiger partial charge in [0.1, 0.15) is 0 Å². The van der Waals surface area contributed by atoms with Crippen molar-refractivity contribution in [1.29, 1.82) is 0 Å². The van der Waals surface area contributed by atoms with Crippen LogP contribution in [-0.2, 0) is 11.2 Å². The van der Waals surface area contributed by atoms with Gasteiger partial charge in [0.2, 0.25) is 0 Å². The normalized spacial score (nSPS) is 15.6. The summed E-state index contributed by atoms with van der Waals surface area (Å²) < 4.78 is 0. The number of aromatic nitrogens is 1. The fraction of sp³-hybridized carbons (Fsp3) is 0.250. The van der Waals surface area contributed by atoms with Crippen molar-refractivity contribution in [3.8, 4) is 0 Å². The Labute approximate surface area is 148 Å². The van der Waals surface area contributed by atoms with Crippen molar-refractivity contribution in [3.63, 3.8) is 0 Å². The molecule has 3 rings (SSSR count). The Morgan fingerprint density at radius 2 is 2.00 bits per heavy atom. The van der Waals surface area contributed by atoms with Crippen LogP contribution in [0.1, 0.15) is 32.3 Å². The number of anilines is 2. The second-order valence-corrected chi connectivity index (χ2v) is 5.84. The van der Waals surface area contributed by atoms with Crippen LogP contribution in [0.4, 0.5) is 11.4 Å². The molecule has 1 aliphatic heterocycles. The van der Waals surface area contributed by atoms with E-state index in [1.54, 1.807) is 24.7 Å². The number of pyridine rings is 1. The monoisotopic (exact) mass is 334 g/mol. The molecule has 5 nitrogen and oxygen atoms in total. The highest BCUT2D eigenvalue weighted by Gasteiger charge is 2.30. The van der Waals surface area contributed by atoms with Crippen LogP contribution in [0.2, 0.25) is 0 Å². The molecule has 25 heavy (non-hydrogen) atoms. The van der Waals surface area contributed by atoms with E-state index in [1.807, 2.05) is 24.3 Å². The van der Waals surface area contributed by atoms with Gasteiger partial charge in [0.05, 0.1) is 23.2 Å². The van der Waals surface area contributed by atoms with E-state index in [0.717, 1.165) is 30.7 Å². The van der Waals surface area contributed by atoms with Crippen molar-refractivity contribution in [1.82, 2.24) is 4.98 Å². The Hall–Kier alpha value is -2.95. The van der Waals surface area contributed by atoms with E-state index in [-0.39, 0.29) is 5.91 Å². The minimum Gasteiger partial charge on any atom is -0.361 e. The Balaban J connectivity index is 1.89. The van der Waals surface area contributed by atoms with Gasteiger partial charge in [-0.3, -0.25) is 9.78 Å². The summed E-state index contributed by atoms with van der Waals surface area (Å²) in [5.41, 5.74) is 4.32. The maximum absolute atomic E-state index is 12.8. The molecule has 5 heteroatoms. The van der Waals surface area contributed by atoms with Gasteiger partial charge in [-0.1, -0.05) is 38.5 Å². The number of nitrogens with one attached hydrogen (secondary N) is 1. The lowest BCUT2D eigenvalue weighted by Gasteiger charge is -2.11. The lowest BCUT2D eigenvalue weighted by molar-refractivity contribution is -0.114. The third-order valence-electron chi connectivity index (χ3n) is 4.10. The number of nitrogens with zero attached hydrogens (tertiary/aromatic N) is 3. The fourth-order valence-corrected chi connectivity index (χ4v) is 2.80. The molecule has 1 amide bonds. The summed E-state index contributed by atoms with van der Waals surface area (Å²) in [5, 5.41) is 9.24. The SMILES string of the molecule is CCCC1=NN(c2cccnc2)C(=O)/C1=C\Nc1ccccc1CC. The van der Waals surface area contributed by atoms with E-state index in [1.165, 1.54) is 10.6 Å². The number of hydrazone groups is 1. The quantitative estimate of drug-likeness (QED) is 0.808. The fourth-order valence-electron chi connectivity index (χ4n) is 2.80. The molecule has 0 fully saturated rings. The smallest absolute Gasteiger partial charge is 0.282 e. The van der Waals surface area contributed by atoms with Crippen molar-refractivity contribution in [3.05, 3.63) is 66.1 Å². The molecule has 0 radical (unpaired) electrons. The third kappa shape index (κ3) is 3.60. The second-order valence-electron chi connectivity index (χ2n) is 5.84. The zero-order valence-corrected chi connectivity index (χ0v) is 14.6. The molecule has 0 saturated heterocycles. The summed E-state index contributed by atoms with van der Waals surface area (Å²) in [7, 11) is 0. The minimum atomic E-state index is -0.127. The van der Waals surface area contributed by atoms with Gasteiger partial charge in [-0.15, -0.1) is 0 Å². The van der Waals surface area contributed by atoms with Crippen LogP contribution in [0.25, 0.3) is 0 Å². The molecule has 0 aliphatic carbocycles. The first-order valence-corrected chi connectivity index (χ1v) is 8.61. The second kappa shape index (κ2) is 7.75. The molecule has 0 atom stereocenters. The number of benzene rings is 1. The highest BCUT2D eigenvalue weighted by molar-refractivity contribution is 6.30. The van der Waals surface area contributed by atoms with Gasteiger partial charge in [0.25, 0.3) is 5.91 Å². The number of aryl methyl sites for hydroxylation is 1. The van der Waals surface area contributed by atoms with Gasteiger partial charge in [-0.05, 0) is 36.6 Å². The Morgan fingerprint density at radius 1 is 1.16 bits per heavy atom. The first kappa shape index (κ1) is 16.9. The maximum Gasteiger partial charge on any atom is 0.282 e. The summed E-state index contributed by atoms with van der Waals surface area (Å²) in [6, 6.07) is 11.7.